The minimum absolute atomic E-state index is 0.0469. The van der Waals surface area contributed by atoms with Gasteiger partial charge in [0.2, 0.25) is 0 Å². The molecule has 2 N–H and O–H groups in total. The van der Waals surface area contributed by atoms with E-state index in [1.807, 2.05) is 30.3 Å². The normalized spacial score (nSPS) is 23.6. The maximum Gasteiger partial charge on any atom is 0.309 e. The van der Waals surface area contributed by atoms with Gasteiger partial charge in [-0.15, -0.1) is 0 Å². The molecule has 18 heavy (non-hydrogen) atoms. The second kappa shape index (κ2) is 6.55. The van der Waals surface area contributed by atoms with Crippen LogP contribution in [0.5, 0.6) is 0 Å². The molecule has 1 aromatic rings. The average molecular weight is 247 g/mol. The Balaban J connectivity index is 1.75. The van der Waals surface area contributed by atoms with Crippen LogP contribution in [0.4, 0.5) is 0 Å². The van der Waals surface area contributed by atoms with E-state index < -0.39 is 0 Å². The molecule has 0 aromatic heterocycles. The first kappa shape index (κ1) is 13.1. The molecular weight excluding hydrogens is 226 g/mol. The standard InChI is InChI=1S/C15H21NO2/c16-10-12-6-8-14(9-7-12)15(17)18-11-13-4-2-1-3-5-13/h1-5,12,14H,6-11,16H2. The van der Waals surface area contributed by atoms with E-state index in [2.05, 4.69) is 0 Å². The number of hydrogen-bond acceptors (Lipinski definition) is 3. The van der Waals surface area contributed by atoms with Crippen molar-refractivity contribution in [3.8, 4) is 0 Å². The third-order valence-corrected chi connectivity index (χ3v) is 3.74. The van der Waals surface area contributed by atoms with E-state index in [-0.39, 0.29) is 11.9 Å². The van der Waals surface area contributed by atoms with Gasteiger partial charge in [-0.1, -0.05) is 30.3 Å². The van der Waals surface area contributed by atoms with Crippen molar-refractivity contribution in [2.45, 2.75) is 32.3 Å². The Kier molecular flexibility index (Phi) is 4.76. The minimum Gasteiger partial charge on any atom is -0.461 e. The summed E-state index contributed by atoms with van der Waals surface area (Å²) in [5, 5.41) is 0. The molecular formula is C15H21NO2. The molecule has 0 bridgehead atoms. The van der Waals surface area contributed by atoms with Crippen molar-refractivity contribution >= 4 is 5.97 Å². The molecule has 0 heterocycles. The Morgan fingerprint density at radius 3 is 2.44 bits per heavy atom. The summed E-state index contributed by atoms with van der Waals surface area (Å²) in [7, 11) is 0. The third-order valence-electron chi connectivity index (χ3n) is 3.74. The molecule has 2 rings (SSSR count). The zero-order chi connectivity index (χ0) is 12.8. The first-order valence-corrected chi connectivity index (χ1v) is 6.70. The molecule has 0 unspecified atom stereocenters. The summed E-state index contributed by atoms with van der Waals surface area (Å²) < 4.78 is 5.37. The lowest BCUT2D eigenvalue weighted by Gasteiger charge is -2.26. The van der Waals surface area contributed by atoms with E-state index in [9.17, 15) is 4.79 Å². The highest BCUT2D eigenvalue weighted by Gasteiger charge is 2.26. The molecule has 0 spiro atoms. The molecule has 0 atom stereocenters. The SMILES string of the molecule is NCC1CCC(C(=O)OCc2ccccc2)CC1. The molecule has 1 fully saturated rings. The number of carbonyl (C=O) groups is 1. The van der Waals surface area contributed by atoms with Crippen LogP contribution in [0.25, 0.3) is 0 Å². The number of nitrogens with two attached hydrogens (primary N) is 1. The van der Waals surface area contributed by atoms with Crippen molar-refractivity contribution < 1.29 is 9.53 Å². The molecule has 1 aromatic carbocycles. The van der Waals surface area contributed by atoms with Crippen LogP contribution in [0, 0.1) is 11.8 Å². The second-order valence-electron chi connectivity index (χ2n) is 5.05. The molecule has 0 saturated heterocycles. The lowest BCUT2D eigenvalue weighted by Crippen LogP contribution is -2.26. The predicted octanol–water partition coefficient (Wildman–Crippen LogP) is 2.49. The highest BCUT2D eigenvalue weighted by Crippen LogP contribution is 2.29. The summed E-state index contributed by atoms with van der Waals surface area (Å²) in [6.45, 7) is 1.13. The number of carbonyl (C=O) groups excluding carboxylic acids is 1. The Hall–Kier alpha value is -1.35. The minimum atomic E-state index is -0.0469. The van der Waals surface area contributed by atoms with E-state index in [0.717, 1.165) is 37.8 Å². The van der Waals surface area contributed by atoms with E-state index >= 15 is 0 Å². The van der Waals surface area contributed by atoms with Crippen LogP contribution in [0.3, 0.4) is 0 Å². The van der Waals surface area contributed by atoms with Crippen molar-refractivity contribution in [1.82, 2.24) is 0 Å². The molecule has 0 amide bonds. The Morgan fingerprint density at radius 2 is 1.83 bits per heavy atom. The molecule has 98 valence electrons. The van der Waals surface area contributed by atoms with E-state index in [1.165, 1.54) is 0 Å². The van der Waals surface area contributed by atoms with Crippen LogP contribution in [0.2, 0.25) is 0 Å². The topological polar surface area (TPSA) is 52.3 Å². The Labute approximate surface area is 108 Å². The first-order valence-electron chi connectivity index (χ1n) is 6.70. The van der Waals surface area contributed by atoms with Gasteiger partial charge < -0.3 is 10.5 Å². The number of benzene rings is 1. The van der Waals surface area contributed by atoms with Gasteiger partial charge in [0.1, 0.15) is 6.61 Å². The fourth-order valence-corrected chi connectivity index (χ4v) is 2.48. The van der Waals surface area contributed by atoms with Gasteiger partial charge in [-0.2, -0.15) is 0 Å². The molecule has 3 nitrogen and oxygen atoms in total. The quantitative estimate of drug-likeness (QED) is 0.832. The summed E-state index contributed by atoms with van der Waals surface area (Å²) >= 11 is 0. The van der Waals surface area contributed by atoms with Crippen molar-refractivity contribution in [2.75, 3.05) is 6.54 Å². The van der Waals surface area contributed by atoms with Crippen molar-refractivity contribution in [3.63, 3.8) is 0 Å². The molecule has 0 radical (unpaired) electrons. The largest absolute Gasteiger partial charge is 0.461 e. The van der Waals surface area contributed by atoms with Gasteiger partial charge in [0.05, 0.1) is 5.92 Å². The summed E-state index contributed by atoms with van der Waals surface area (Å²) in [6.07, 6.45) is 3.97. The molecule has 1 aliphatic rings. The van der Waals surface area contributed by atoms with Crippen LogP contribution in [-0.4, -0.2) is 12.5 Å². The number of ether oxygens (including phenoxy) is 1. The van der Waals surface area contributed by atoms with Crippen molar-refractivity contribution in [3.05, 3.63) is 35.9 Å². The molecule has 1 aliphatic carbocycles. The van der Waals surface area contributed by atoms with E-state index in [4.69, 9.17) is 10.5 Å². The van der Waals surface area contributed by atoms with Crippen LogP contribution in [-0.2, 0) is 16.1 Å². The highest BCUT2D eigenvalue weighted by molar-refractivity contribution is 5.72. The summed E-state index contributed by atoms with van der Waals surface area (Å²) in [5.74, 6) is 0.633. The summed E-state index contributed by atoms with van der Waals surface area (Å²) in [4.78, 5) is 11.9. The predicted molar refractivity (Wildman–Crippen MR) is 70.7 cm³/mol. The van der Waals surface area contributed by atoms with Crippen LogP contribution in [0.15, 0.2) is 30.3 Å². The van der Waals surface area contributed by atoms with Crippen LogP contribution in [0.1, 0.15) is 31.2 Å². The lowest BCUT2D eigenvalue weighted by molar-refractivity contribution is -0.151. The number of hydrogen-bond donors (Lipinski definition) is 1. The van der Waals surface area contributed by atoms with Crippen LogP contribution >= 0.6 is 0 Å². The Morgan fingerprint density at radius 1 is 1.17 bits per heavy atom. The summed E-state index contributed by atoms with van der Waals surface area (Å²) in [6, 6.07) is 9.81. The third kappa shape index (κ3) is 3.57. The number of rotatable bonds is 4. The smallest absolute Gasteiger partial charge is 0.309 e. The van der Waals surface area contributed by atoms with Crippen LogP contribution < -0.4 is 5.73 Å². The zero-order valence-corrected chi connectivity index (χ0v) is 10.7. The monoisotopic (exact) mass is 247 g/mol. The van der Waals surface area contributed by atoms with Gasteiger partial charge in [0, 0.05) is 0 Å². The van der Waals surface area contributed by atoms with Crippen molar-refractivity contribution in [1.29, 1.82) is 0 Å². The fourth-order valence-electron chi connectivity index (χ4n) is 2.48. The Bertz CT molecular complexity index is 369. The first-order chi connectivity index (χ1) is 8.79. The van der Waals surface area contributed by atoms with Gasteiger partial charge >= 0.3 is 5.97 Å². The van der Waals surface area contributed by atoms with Crippen molar-refractivity contribution in [2.24, 2.45) is 17.6 Å². The highest BCUT2D eigenvalue weighted by atomic mass is 16.5. The second-order valence-corrected chi connectivity index (χ2v) is 5.05. The van der Waals surface area contributed by atoms with Gasteiger partial charge in [-0.05, 0) is 43.7 Å². The number of esters is 1. The van der Waals surface area contributed by atoms with Gasteiger partial charge in [-0.25, -0.2) is 0 Å². The maximum atomic E-state index is 11.9. The van der Waals surface area contributed by atoms with Gasteiger partial charge in [0.25, 0.3) is 0 Å². The lowest BCUT2D eigenvalue weighted by atomic mass is 9.82. The van der Waals surface area contributed by atoms with E-state index in [1.54, 1.807) is 0 Å². The van der Waals surface area contributed by atoms with Gasteiger partial charge in [0.15, 0.2) is 0 Å². The molecule has 0 aliphatic heterocycles. The summed E-state index contributed by atoms with van der Waals surface area (Å²) in [5.41, 5.74) is 6.69. The maximum absolute atomic E-state index is 11.9. The van der Waals surface area contributed by atoms with E-state index in [0.29, 0.717) is 12.5 Å². The molecule has 1 saturated carbocycles. The van der Waals surface area contributed by atoms with Gasteiger partial charge in [-0.3, -0.25) is 4.79 Å². The fraction of sp³-hybridized carbons (Fsp3) is 0.533. The zero-order valence-electron chi connectivity index (χ0n) is 10.7. The molecule has 3 heteroatoms. The average Bonchev–Trinajstić information content (AvgIpc) is 2.46.